The van der Waals surface area contributed by atoms with E-state index in [0.29, 0.717) is 6.54 Å². The average molecular weight is 270 g/mol. The highest BCUT2D eigenvalue weighted by molar-refractivity contribution is 5.94. The lowest BCUT2D eigenvalue weighted by Crippen LogP contribution is -2.13. The van der Waals surface area contributed by atoms with Crippen molar-refractivity contribution in [3.63, 3.8) is 0 Å². The van der Waals surface area contributed by atoms with Crippen LogP contribution in [0.1, 0.15) is 24.4 Å². The summed E-state index contributed by atoms with van der Waals surface area (Å²) in [5, 5.41) is 6.23. The molecular formula is C16H18N2O2. The Kier molecular flexibility index (Phi) is 3.46. The van der Waals surface area contributed by atoms with Crippen molar-refractivity contribution in [3.05, 3.63) is 47.9 Å². The summed E-state index contributed by atoms with van der Waals surface area (Å²) in [5.74, 6) is 2.16. The summed E-state index contributed by atoms with van der Waals surface area (Å²) in [6.45, 7) is 2.56. The van der Waals surface area contributed by atoms with E-state index in [-0.39, 0.29) is 11.8 Å². The zero-order chi connectivity index (χ0) is 13.9. The minimum atomic E-state index is 0.129. The molecule has 0 atom stereocenters. The highest BCUT2D eigenvalue weighted by atomic mass is 16.3. The van der Waals surface area contributed by atoms with E-state index < -0.39 is 0 Å². The maximum Gasteiger partial charge on any atom is 0.227 e. The second-order valence-electron chi connectivity index (χ2n) is 5.21. The van der Waals surface area contributed by atoms with E-state index in [9.17, 15) is 4.79 Å². The van der Waals surface area contributed by atoms with Crippen molar-refractivity contribution >= 4 is 17.3 Å². The number of anilines is 2. The molecule has 20 heavy (non-hydrogen) atoms. The van der Waals surface area contributed by atoms with Crippen LogP contribution in [0.25, 0.3) is 0 Å². The smallest absolute Gasteiger partial charge is 0.227 e. The van der Waals surface area contributed by atoms with Gasteiger partial charge in [-0.2, -0.15) is 0 Å². The first-order chi connectivity index (χ1) is 9.70. The van der Waals surface area contributed by atoms with Gasteiger partial charge in [-0.1, -0.05) is 6.07 Å². The Morgan fingerprint density at radius 1 is 1.25 bits per heavy atom. The second-order valence-corrected chi connectivity index (χ2v) is 5.21. The quantitative estimate of drug-likeness (QED) is 0.873. The maximum absolute atomic E-state index is 11.7. The van der Waals surface area contributed by atoms with Crippen LogP contribution < -0.4 is 10.6 Å². The molecule has 0 unspecified atom stereocenters. The third kappa shape index (κ3) is 3.20. The summed E-state index contributed by atoms with van der Waals surface area (Å²) >= 11 is 0. The zero-order valence-corrected chi connectivity index (χ0v) is 11.5. The fraction of sp³-hybridized carbons (Fsp3) is 0.312. The van der Waals surface area contributed by atoms with Crippen LogP contribution in [-0.4, -0.2) is 5.91 Å². The molecule has 2 aromatic rings. The van der Waals surface area contributed by atoms with Gasteiger partial charge in [0.05, 0.1) is 6.54 Å². The summed E-state index contributed by atoms with van der Waals surface area (Å²) in [7, 11) is 0. The minimum Gasteiger partial charge on any atom is -0.465 e. The maximum atomic E-state index is 11.7. The predicted octanol–water partition coefficient (Wildman–Crippen LogP) is 3.55. The molecule has 104 valence electrons. The Hall–Kier alpha value is -2.23. The van der Waals surface area contributed by atoms with Gasteiger partial charge < -0.3 is 15.1 Å². The van der Waals surface area contributed by atoms with Crippen molar-refractivity contribution in [2.75, 3.05) is 10.6 Å². The van der Waals surface area contributed by atoms with Crippen LogP contribution in [0.3, 0.4) is 0 Å². The van der Waals surface area contributed by atoms with Crippen molar-refractivity contribution in [1.29, 1.82) is 0 Å². The molecule has 0 saturated heterocycles. The molecule has 1 amide bonds. The third-order valence-electron chi connectivity index (χ3n) is 3.34. The highest BCUT2D eigenvalue weighted by Crippen LogP contribution is 2.30. The van der Waals surface area contributed by atoms with Gasteiger partial charge in [0.2, 0.25) is 5.91 Å². The van der Waals surface area contributed by atoms with E-state index in [4.69, 9.17) is 4.42 Å². The van der Waals surface area contributed by atoms with E-state index >= 15 is 0 Å². The SMILES string of the molecule is Cc1ccc(CNc2cccc(NC(=O)C3CC3)c2)o1. The normalized spacial score (nSPS) is 14.1. The number of rotatable bonds is 5. The van der Waals surface area contributed by atoms with Crippen LogP contribution in [0, 0.1) is 12.8 Å². The molecule has 4 nitrogen and oxygen atoms in total. The molecular weight excluding hydrogens is 252 g/mol. The third-order valence-corrected chi connectivity index (χ3v) is 3.34. The summed E-state index contributed by atoms with van der Waals surface area (Å²) in [6.07, 6.45) is 2.03. The Morgan fingerprint density at radius 3 is 2.75 bits per heavy atom. The van der Waals surface area contributed by atoms with Crippen molar-refractivity contribution in [1.82, 2.24) is 0 Å². The van der Waals surface area contributed by atoms with Crippen LogP contribution >= 0.6 is 0 Å². The van der Waals surface area contributed by atoms with Crippen molar-refractivity contribution in [2.24, 2.45) is 5.92 Å². The molecule has 0 bridgehead atoms. The number of aryl methyl sites for hydroxylation is 1. The number of nitrogens with one attached hydrogen (secondary N) is 2. The van der Waals surface area contributed by atoms with Gasteiger partial charge in [0.1, 0.15) is 11.5 Å². The van der Waals surface area contributed by atoms with Crippen molar-refractivity contribution in [3.8, 4) is 0 Å². The van der Waals surface area contributed by atoms with Crippen LogP contribution in [0.4, 0.5) is 11.4 Å². The molecule has 0 spiro atoms. The first kappa shape index (κ1) is 12.8. The van der Waals surface area contributed by atoms with Gasteiger partial charge >= 0.3 is 0 Å². The largest absolute Gasteiger partial charge is 0.465 e. The second kappa shape index (κ2) is 5.41. The number of hydrogen-bond acceptors (Lipinski definition) is 3. The van der Waals surface area contributed by atoms with E-state index in [1.165, 1.54) is 0 Å². The monoisotopic (exact) mass is 270 g/mol. The molecule has 1 heterocycles. The Bertz CT molecular complexity index is 614. The van der Waals surface area contributed by atoms with Gasteiger partial charge in [0, 0.05) is 17.3 Å². The predicted molar refractivity (Wildman–Crippen MR) is 78.6 cm³/mol. The zero-order valence-electron chi connectivity index (χ0n) is 11.5. The number of benzene rings is 1. The number of amides is 1. The topological polar surface area (TPSA) is 54.3 Å². The molecule has 2 N–H and O–H groups in total. The number of hydrogen-bond donors (Lipinski definition) is 2. The Balaban J connectivity index is 1.60. The lowest BCUT2D eigenvalue weighted by atomic mass is 10.2. The number of furan rings is 1. The van der Waals surface area contributed by atoms with Gasteiger partial charge in [-0.25, -0.2) is 0 Å². The first-order valence-corrected chi connectivity index (χ1v) is 6.91. The molecule has 1 aliphatic carbocycles. The van der Waals surface area contributed by atoms with Gasteiger partial charge in [-0.05, 0) is 50.1 Å². The standard InChI is InChI=1S/C16H18N2O2/c1-11-5-8-15(20-11)10-17-13-3-2-4-14(9-13)18-16(19)12-6-7-12/h2-5,8-9,12,17H,6-7,10H2,1H3,(H,18,19). The van der Waals surface area contributed by atoms with E-state index in [1.807, 2.05) is 43.3 Å². The van der Waals surface area contributed by atoms with Gasteiger partial charge in [0.15, 0.2) is 0 Å². The van der Waals surface area contributed by atoms with E-state index in [0.717, 1.165) is 35.7 Å². The van der Waals surface area contributed by atoms with Crippen LogP contribution in [-0.2, 0) is 11.3 Å². The lowest BCUT2D eigenvalue weighted by Gasteiger charge is -2.08. The number of carbonyl (C=O) groups excluding carboxylic acids is 1. The first-order valence-electron chi connectivity index (χ1n) is 6.91. The molecule has 3 rings (SSSR count). The lowest BCUT2D eigenvalue weighted by molar-refractivity contribution is -0.117. The van der Waals surface area contributed by atoms with Gasteiger partial charge in [-0.3, -0.25) is 4.79 Å². The molecule has 0 radical (unpaired) electrons. The average Bonchev–Trinajstić information content (AvgIpc) is 3.20. The molecule has 1 aromatic heterocycles. The molecule has 1 aromatic carbocycles. The molecule has 1 aliphatic rings. The Labute approximate surface area is 118 Å². The van der Waals surface area contributed by atoms with Crippen molar-refractivity contribution in [2.45, 2.75) is 26.3 Å². The van der Waals surface area contributed by atoms with Gasteiger partial charge in [0.25, 0.3) is 0 Å². The van der Waals surface area contributed by atoms with E-state index in [2.05, 4.69) is 10.6 Å². The highest BCUT2D eigenvalue weighted by Gasteiger charge is 2.29. The van der Waals surface area contributed by atoms with E-state index in [1.54, 1.807) is 0 Å². The van der Waals surface area contributed by atoms with Crippen LogP contribution in [0.15, 0.2) is 40.8 Å². The fourth-order valence-corrected chi connectivity index (χ4v) is 2.07. The molecule has 4 heteroatoms. The Morgan fingerprint density at radius 2 is 2.05 bits per heavy atom. The summed E-state index contributed by atoms with van der Waals surface area (Å²) in [5.41, 5.74) is 1.80. The number of carbonyl (C=O) groups is 1. The summed E-state index contributed by atoms with van der Waals surface area (Å²) in [4.78, 5) is 11.7. The molecule has 1 saturated carbocycles. The van der Waals surface area contributed by atoms with Crippen LogP contribution in [0.5, 0.6) is 0 Å². The molecule has 0 aliphatic heterocycles. The van der Waals surface area contributed by atoms with Gasteiger partial charge in [-0.15, -0.1) is 0 Å². The van der Waals surface area contributed by atoms with Crippen LogP contribution in [0.2, 0.25) is 0 Å². The van der Waals surface area contributed by atoms with Crippen molar-refractivity contribution < 1.29 is 9.21 Å². The molecule has 1 fully saturated rings. The fourth-order valence-electron chi connectivity index (χ4n) is 2.07. The summed E-state index contributed by atoms with van der Waals surface area (Å²) < 4.78 is 5.51. The summed E-state index contributed by atoms with van der Waals surface area (Å²) in [6, 6.07) is 11.7. The minimum absolute atomic E-state index is 0.129.